The molecule has 92 valence electrons. The third-order valence-electron chi connectivity index (χ3n) is 2.55. The maximum atomic E-state index is 4.53. The maximum absolute atomic E-state index is 4.53. The lowest BCUT2D eigenvalue weighted by atomic mass is 10.3. The average Bonchev–Trinajstić information content (AvgIpc) is 2.78. The highest BCUT2D eigenvalue weighted by atomic mass is 15.1. The molecule has 5 heteroatoms. The van der Waals surface area contributed by atoms with E-state index in [2.05, 4.69) is 34.4 Å². The van der Waals surface area contributed by atoms with E-state index in [4.69, 9.17) is 0 Å². The molecule has 2 heterocycles. The second-order valence-corrected chi connectivity index (χ2v) is 3.94. The van der Waals surface area contributed by atoms with Crippen LogP contribution in [0.3, 0.4) is 0 Å². The fourth-order valence-electron chi connectivity index (χ4n) is 1.70. The summed E-state index contributed by atoms with van der Waals surface area (Å²) in [6.07, 6.45) is 7.99. The van der Waals surface area contributed by atoms with Crippen molar-refractivity contribution in [1.29, 1.82) is 0 Å². The SMILES string of the molecule is CCCCNc1nc(NCC)cn2ccnc12. The van der Waals surface area contributed by atoms with E-state index < -0.39 is 0 Å². The molecule has 0 amide bonds. The molecule has 2 N–H and O–H groups in total. The Morgan fingerprint density at radius 1 is 1.29 bits per heavy atom. The zero-order chi connectivity index (χ0) is 12.1. The van der Waals surface area contributed by atoms with E-state index in [-0.39, 0.29) is 0 Å². The van der Waals surface area contributed by atoms with E-state index in [1.165, 1.54) is 6.42 Å². The van der Waals surface area contributed by atoms with Gasteiger partial charge >= 0.3 is 0 Å². The molecule has 0 saturated heterocycles. The summed E-state index contributed by atoms with van der Waals surface area (Å²) in [5.74, 6) is 1.72. The molecule has 0 aliphatic carbocycles. The summed E-state index contributed by atoms with van der Waals surface area (Å²) in [7, 11) is 0. The van der Waals surface area contributed by atoms with E-state index in [0.29, 0.717) is 0 Å². The van der Waals surface area contributed by atoms with E-state index in [9.17, 15) is 0 Å². The summed E-state index contributed by atoms with van der Waals surface area (Å²) in [6.45, 7) is 6.03. The molecule has 0 atom stereocenters. The smallest absolute Gasteiger partial charge is 0.180 e. The minimum absolute atomic E-state index is 0.849. The number of fused-ring (bicyclic) bond motifs is 1. The molecule has 2 aromatic heterocycles. The van der Waals surface area contributed by atoms with Crippen molar-refractivity contribution in [1.82, 2.24) is 14.4 Å². The number of rotatable bonds is 6. The van der Waals surface area contributed by atoms with Crippen LogP contribution in [0.15, 0.2) is 18.6 Å². The monoisotopic (exact) mass is 233 g/mol. The van der Waals surface area contributed by atoms with Crippen molar-refractivity contribution in [2.45, 2.75) is 26.7 Å². The summed E-state index contributed by atoms with van der Waals surface area (Å²) in [5, 5.41) is 6.56. The molecule has 0 spiro atoms. The standard InChI is InChI=1S/C12H19N5/c1-3-5-6-14-11-12-15-7-8-17(12)9-10(16-11)13-4-2/h7-9,13H,3-6H2,1-2H3,(H,14,16). The number of nitrogens with zero attached hydrogens (tertiary/aromatic N) is 3. The number of nitrogens with one attached hydrogen (secondary N) is 2. The van der Waals surface area contributed by atoms with Crippen molar-refractivity contribution < 1.29 is 0 Å². The van der Waals surface area contributed by atoms with Gasteiger partial charge in [-0.15, -0.1) is 0 Å². The van der Waals surface area contributed by atoms with Gasteiger partial charge in [-0.1, -0.05) is 13.3 Å². The number of imidazole rings is 1. The molecule has 5 nitrogen and oxygen atoms in total. The molecule has 0 aliphatic rings. The molecule has 2 aromatic rings. The molecule has 0 aliphatic heterocycles. The van der Waals surface area contributed by atoms with Crippen molar-refractivity contribution in [3.8, 4) is 0 Å². The summed E-state index contributed by atoms with van der Waals surface area (Å²) >= 11 is 0. The molecule has 2 rings (SSSR count). The normalized spacial score (nSPS) is 10.7. The topological polar surface area (TPSA) is 54.2 Å². The fraction of sp³-hybridized carbons (Fsp3) is 0.500. The molecule has 0 fully saturated rings. The van der Waals surface area contributed by atoms with E-state index in [0.717, 1.165) is 36.8 Å². The Bertz CT molecular complexity index is 477. The average molecular weight is 233 g/mol. The molecule has 0 saturated carbocycles. The first-order chi connectivity index (χ1) is 8.35. The number of anilines is 2. The summed E-state index contributed by atoms with van der Waals surface area (Å²) < 4.78 is 1.99. The summed E-state index contributed by atoms with van der Waals surface area (Å²) in [6, 6.07) is 0. The Balaban J connectivity index is 2.26. The first kappa shape index (κ1) is 11.7. The van der Waals surface area contributed by atoms with Gasteiger partial charge < -0.3 is 15.0 Å². The molecule has 17 heavy (non-hydrogen) atoms. The van der Waals surface area contributed by atoms with Gasteiger partial charge in [0.05, 0.1) is 6.20 Å². The molecular weight excluding hydrogens is 214 g/mol. The van der Waals surface area contributed by atoms with Crippen LogP contribution in [0.25, 0.3) is 5.65 Å². The van der Waals surface area contributed by atoms with Crippen LogP contribution < -0.4 is 10.6 Å². The lowest BCUT2D eigenvalue weighted by Crippen LogP contribution is -2.08. The van der Waals surface area contributed by atoms with Crippen LogP contribution >= 0.6 is 0 Å². The molecule has 0 unspecified atom stereocenters. The summed E-state index contributed by atoms with van der Waals surface area (Å²) in [5.41, 5.74) is 0.878. The van der Waals surface area contributed by atoms with Crippen LogP contribution in [0.2, 0.25) is 0 Å². The Morgan fingerprint density at radius 3 is 2.94 bits per heavy atom. The number of hydrogen-bond acceptors (Lipinski definition) is 4. The highest BCUT2D eigenvalue weighted by molar-refractivity contribution is 5.65. The predicted molar refractivity (Wildman–Crippen MR) is 70.5 cm³/mol. The van der Waals surface area contributed by atoms with Gasteiger partial charge in [0.2, 0.25) is 0 Å². The third-order valence-corrected chi connectivity index (χ3v) is 2.55. The third kappa shape index (κ3) is 2.67. The second-order valence-electron chi connectivity index (χ2n) is 3.94. The Hall–Kier alpha value is -1.78. The minimum atomic E-state index is 0.849. The van der Waals surface area contributed by atoms with Crippen LogP contribution in [0, 0.1) is 0 Å². The number of unbranched alkanes of at least 4 members (excludes halogenated alkanes) is 1. The van der Waals surface area contributed by atoms with Crippen LogP contribution in [0.4, 0.5) is 11.6 Å². The highest BCUT2D eigenvalue weighted by Gasteiger charge is 2.06. The number of aromatic nitrogens is 3. The van der Waals surface area contributed by atoms with Crippen LogP contribution in [-0.4, -0.2) is 27.5 Å². The lowest BCUT2D eigenvalue weighted by molar-refractivity contribution is 0.830. The molecular formula is C12H19N5. The lowest BCUT2D eigenvalue weighted by Gasteiger charge is -2.09. The second kappa shape index (κ2) is 5.52. The van der Waals surface area contributed by atoms with Crippen molar-refractivity contribution in [2.75, 3.05) is 23.7 Å². The van der Waals surface area contributed by atoms with Gasteiger partial charge in [0, 0.05) is 25.5 Å². The van der Waals surface area contributed by atoms with Gasteiger partial charge in [-0.3, -0.25) is 0 Å². The van der Waals surface area contributed by atoms with Gasteiger partial charge in [0.15, 0.2) is 11.5 Å². The minimum Gasteiger partial charge on any atom is -0.369 e. The quantitative estimate of drug-likeness (QED) is 0.752. The van der Waals surface area contributed by atoms with Gasteiger partial charge in [0.1, 0.15) is 5.82 Å². The first-order valence-corrected chi connectivity index (χ1v) is 6.16. The Kier molecular flexibility index (Phi) is 3.80. The predicted octanol–water partition coefficient (Wildman–Crippen LogP) is 2.37. The van der Waals surface area contributed by atoms with Gasteiger partial charge in [-0.2, -0.15) is 0 Å². The van der Waals surface area contributed by atoms with Crippen molar-refractivity contribution >= 4 is 17.3 Å². The van der Waals surface area contributed by atoms with Crippen LogP contribution in [0.1, 0.15) is 26.7 Å². The van der Waals surface area contributed by atoms with Crippen molar-refractivity contribution in [3.05, 3.63) is 18.6 Å². The van der Waals surface area contributed by atoms with Crippen LogP contribution in [0.5, 0.6) is 0 Å². The molecule has 0 bridgehead atoms. The van der Waals surface area contributed by atoms with Crippen LogP contribution in [-0.2, 0) is 0 Å². The Labute approximate surface area is 101 Å². The summed E-state index contributed by atoms with van der Waals surface area (Å²) in [4.78, 5) is 8.84. The zero-order valence-electron chi connectivity index (χ0n) is 10.4. The highest BCUT2D eigenvalue weighted by Crippen LogP contribution is 2.16. The van der Waals surface area contributed by atoms with Gasteiger partial charge in [-0.05, 0) is 13.3 Å². The van der Waals surface area contributed by atoms with E-state index in [1.807, 2.05) is 16.8 Å². The van der Waals surface area contributed by atoms with Gasteiger partial charge in [-0.25, -0.2) is 9.97 Å². The fourth-order valence-corrected chi connectivity index (χ4v) is 1.70. The van der Waals surface area contributed by atoms with Gasteiger partial charge in [0.25, 0.3) is 0 Å². The maximum Gasteiger partial charge on any atom is 0.180 e. The van der Waals surface area contributed by atoms with E-state index >= 15 is 0 Å². The molecule has 0 aromatic carbocycles. The van der Waals surface area contributed by atoms with Crippen molar-refractivity contribution in [3.63, 3.8) is 0 Å². The Morgan fingerprint density at radius 2 is 2.18 bits per heavy atom. The zero-order valence-corrected chi connectivity index (χ0v) is 10.4. The molecule has 0 radical (unpaired) electrons. The first-order valence-electron chi connectivity index (χ1n) is 6.16. The van der Waals surface area contributed by atoms with E-state index in [1.54, 1.807) is 6.20 Å². The van der Waals surface area contributed by atoms with Crippen molar-refractivity contribution in [2.24, 2.45) is 0 Å². The largest absolute Gasteiger partial charge is 0.369 e. The number of hydrogen-bond donors (Lipinski definition) is 2.